The van der Waals surface area contributed by atoms with Crippen LogP contribution in [0, 0.1) is 0 Å². The van der Waals surface area contributed by atoms with E-state index in [1.165, 1.54) is 7.11 Å². The molecule has 0 aliphatic heterocycles. The summed E-state index contributed by atoms with van der Waals surface area (Å²) in [4.78, 5) is 15.6. The monoisotopic (exact) mass is 463 g/mol. The molecule has 0 saturated carbocycles. The molecule has 0 spiro atoms. The maximum absolute atomic E-state index is 11.0. The number of aliphatic imine (C=N–C) groups is 1. The van der Waals surface area contributed by atoms with Gasteiger partial charge < -0.3 is 20.1 Å². The summed E-state index contributed by atoms with van der Waals surface area (Å²) < 4.78 is 9.85. The van der Waals surface area contributed by atoms with Crippen molar-refractivity contribution in [1.29, 1.82) is 0 Å². The molecule has 142 valence electrons. The second-order valence-corrected chi connectivity index (χ2v) is 5.36. The number of halogens is 1. The molecule has 0 radical (unpaired) electrons. The molecule has 0 heterocycles. The van der Waals surface area contributed by atoms with E-state index in [1.54, 1.807) is 7.11 Å². The molecule has 0 bridgehead atoms. The predicted octanol–water partition coefficient (Wildman–Crippen LogP) is 3.10. The van der Waals surface area contributed by atoms with Crippen LogP contribution in [0.1, 0.15) is 38.2 Å². The summed E-state index contributed by atoms with van der Waals surface area (Å²) in [6.45, 7) is 4.27. The number of hydrogen-bond acceptors (Lipinski definition) is 4. The Morgan fingerprint density at radius 1 is 1.16 bits per heavy atom. The number of benzene rings is 1. The average Bonchev–Trinajstić information content (AvgIpc) is 2.62. The van der Waals surface area contributed by atoms with Gasteiger partial charge in [0, 0.05) is 19.5 Å². The van der Waals surface area contributed by atoms with Gasteiger partial charge >= 0.3 is 5.97 Å². The Balaban J connectivity index is 0.00000576. The van der Waals surface area contributed by atoms with Gasteiger partial charge in [-0.05, 0) is 37.5 Å². The lowest BCUT2D eigenvalue weighted by atomic mass is 10.2. The summed E-state index contributed by atoms with van der Waals surface area (Å²) in [6.07, 6.45) is 3.31. The lowest BCUT2D eigenvalue weighted by Crippen LogP contribution is -2.37. The fourth-order valence-corrected chi connectivity index (χ4v) is 2.16. The topological polar surface area (TPSA) is 72.0 Å². The van der Waals surface area contributed by atoms with Crippen molar-refractivity contribution in [2.45, 2.75) is 39.2 Å². The maximum Gasteiger partial charge on any atom is 0.305 e. The zero-order chi connectivity index (χ0) is 17.6. The third-order valence-corrected chi connectivity index (χ3v) is 3.48. The van der Waals surface area contributed by atoms with Crippen LogP contribution in [-0.2, 0) is 16.1 Å². The first-order valence-electron chi connectivity index (χ1n) is 8.41. The van der Waals surface area contributed by atoms with Gasteiger partial charge in [0.15, 0.2) is 5.96 Å². The Bertz CT molecular complexity index is 524. The molecular weight excluding hydrogens is 433 g/mol. The minimum atomic E-state index is -0.142. The largest absolute Gasteiger partial charge is 0.497 e. The van der Waals surface area contributed by atoms with E-state index in [0.717, 1.165) is 49.6 Å². The van der Waals surface area contributed by atoms with Crippen LogP contribution in [0.3, 0.4) is 0 Å². The highest BCUT2D eigenvalue weighted by atomic mass is 127. The molecule has 0 amide bonds. The summed E-state index contributed by atoms with van der Waals surface area (Å²) >= 11 is 0. The average molecular weight is 463 g/mol. The van der Waals surface area contributed by atoms with E-state index < -0.39 is 0 Å². The third-order valence-electron chi connectivity index (χ3n) is 3.48. The van der Waals surface area contributed by atoms with E-state index in [0.29, 0.717) is 13.0 Å². The van der Waals surface area contributed by atoms with E-state index in [9.17, 15) is 4.79 Å². The molecule has 0 atom stereocenters. The van der Waals surface area contributed by atoms with E-state index in [2.05, 4.69) is 20.4 Å². The number of ether oxygens (including phenoxy) is 2. The number of carbonyl (C=O) groups is 1. The van der Waals surface area contributed by atoms with Gasteiger partial charge in [0.05, 0.1) is 20.8 Å². The molecular formula is C18H30IN3O3. The van der Waals surface area contributed by atoms with Gasteiger partial charge in [-0.15, -0.1) is 24.0 Å². The molecule has 1 aromatic carbocycles. The molecule has 0 saturated heterocycles. The minimum Gasteiger partial charge on any atom is -0.497 e. The molecule has 2 N–H and O–H groups in total. The van der Waals surface area contributed by atoms with Crippen LogP contribution in [0.2, 0.25) is 0 Å². The van der Waals surface area contributed by atoms with Crippen LogP contribution in [-0.4, -0.2) is 39.2 Å². The van der Waals surface area contributed by atoms with Crippen molar-refractivity contribution in [2.75, 3.05) is 27.3 Å². The standard InChI is InChI=1S/C18H29N3O3.HI/c1-4-19-18(20-12-7-5-6-11-17(22)24-3)21-14-15-9-8-10-16(13-15)23-2;/h8-10,13H,4-7,11-12,14H2,1-3H3,(H2,19,20,21);1H. The summed E-state index contributed by atoms with van der Waals surface area (Å²) in [7, 11) is 3.08. The van der Waals surface area contributed by atoms with E-state index in [-0.39, 0.29) is 29.9 Å². The fraction of sp³-hybridized carbons (Fsp3) is 0.556. The molecule has 0 aliphatic rings. The molecule has 0 fully saturated rings. The summed E-state index contributed by atoms with van der Waals surface area (Å²) in [5.74, 6) is 1.50. The first kappa shape index (κ1) is 23.5. The Kier molecular flexibility index (Phi) is 13.9. The van der Waals surface area contributed by atoms with Crippen LogP contribution >= 0.6 is 24.0 Å². The maximum atomic E-state index is 11.0. The van der Waals surface area contributed by atoms with Gasteiger partial charge in [-0.1, -0.05) is 18.6 Å². The third kappa shape index (κ3) is 10.9. The Morgan fingerprint density at radius 2 is 1.96 bits per heavy atom. The number of hydrogen-bond donors (Lipinski definition) is 2. The van der Waals surface area contributed by atoms with Crippen molar-refractivity contribution in [2.24, 2.45) is 4.99 Å². The Morgan fingerprint density at radius 3 is 2.64 bits per heavy atom. The van der Waals surface area contributed by atoms with Crippen LogP contribution < -0.4 is 15.4 Å². The molecule has 0 aromatic heterocycles. The van der Waals surface area contributed by atoms with Crippen molar-refractivity contribution in [1.82, 2.24) is 10.6 Å². The zero-order valence-corrected chi connectivity index (χ0v) is 17.7. The van der Waals surface area contributed by atoms with Gasteiger partial charge in [0.1, 0.15) is 5.75 Å². The predicted molar refractivity (Wildman–Crippen MR) is 112 cm³/mol. The highest BCUT2D eigenvalue weighted by Gasteiger charge is 2.01. The molecule has 0 unspecified atom stereocenters. The first-order chi connectivity index (χ1) is 11.7. The lowest BCUT2D eigenvalue weighted by molar-refractivity contribution is -0.140. The second-order valence-electron chi connectivity index (χ2n) is 5.36. The number of unbranched alkanes of at least 4 members (excludes halogenated alkanes) is 2. The smallest absolute Gasteiger partial charge is 0.305 e. The molecule has 1 rings (SSSR count). The summed E-state index contributed by atoms with van der Waals surface area (Å²) in [6, 6.07) is 7.90. The number of guanidine groups is 1. The highest BCUT2D eigenvalue weighted by Crippen LogP contribution is 2.13. The van der Waals surface area contributed by atoms with Gasteiger partial charge in [0.25, 0.3) is 0 Å². The summed E-state index contributed by atoms with van der Waals surface area (Å²) in [5.41, 5.74) is 1.10. The quantitative estimate of drug-likeness (QED) is 0.184. The van der Waals surface area contributed by atoms with Crippen LogP contribution in [0.4, 0.5) is 0 Å². The summed E-state index contributed by atoms with van der Waals surface area (Å²) in [5, 5.41) is 6.55. The zero-order valence-electron chi connectivity index (χ0n) is 15.3. The molecule has 1 aromatic rings. The van der Waals surface area contributed by atoms with Gasteiger partial charge in [-0.2, -0.15) is 0 Å². The van der Waals surface area contributed by atoms with Crippen LogP contribution in [0.5, 0.6) is 5.75 Å². The first-order valence-corrected chi connectivity index (χ1v) is 8.41. The Hall–Kier alpha value is -1.51. The number of esters is 1. The normalized spacial score (nSPS) is 10.6. The highest BCUT2D eigenvalue weighted by molar-refractivity contribution is 14.0. The van der Waals surface area contributed by atoms with Crippen molar-refractivity contribution in [3.63, 3.8) is 0 Å². The van der Waals surface area contributed by atoms with Crippen molar-refractivity contribution in [3.8, 4) is 5.75 Å². The molecule has 6 nitrogen and oxygen atoms in total. The second kappa shape index (κ2) is 14.8. The van der Waals surface area contributed by atoms with Crippen LogP contribution in [0.25, 0.3) is 0 Å². The van der Waals surface area contributed by atoms with Crippen molar-refractivity contribution >= 4 is 35.9 Å². The number of carbonyl (C=O) groups excluding carboxylic acids is 1. The number of nitrogens with zero attached hydrogens (tertiary/aromatic N) is 1. The van der Waals surface area contributed by atoms with Gasteiger partial charge in [-0.25, -0.2) is 4.99 Å². The van der Waals surface area contributed by atoms with Crippen molar-refractivity contribution < 1.29 is 14.3 Å². The number of rotatable bonds is 10. The molecule has 0 aliphatic carbocycles. The van der Waals surface area contributed by atoms with E-state index >= 15 is 0 Å². The van der Waals surface area contributed by atoms with Crippen molar-refractivity contribution in [3.05, 3.63) is 29.8 Å². The fourth-order valence-electron chi connectivity index (χ4n) is 2.16. The molecule has 7 heteroatoms. The Labute approximate surface area is 167 Å². The number of nitrogens with one attached hydrogen (secondary N) is 2. The number of methoxy groups -OCH3 is 2. The van der Waals surface area contributed by atoms with E-state index in [1.807, 2.05) is 31.2 Å². The van der Waals surface area contributed by atoms with E-state index in [4.69, 9.17) is 4.74 Å². The van der Waals surface area contributed by atoms with Gasteiger partial charge in [0.2, 0.25) is 0 Å². The van der Waals surface area contributed by atoms with Crippen LogP contribution in [0.15, 0.2) is 29.3 Å². The molecule has 25 heavy (non-hydrogen) atoms. The van der Waals surface area contributed by atoms with Gasteiger partial charge in [-0.3, -0.25) is 4.79 Å². The SMILES string of the molecule is CCNC(=NCc1cccc(OC)c1)NCCCCCC(=O)OC.I. The lowest BCUT2D eigenvalue weighted by Gasteiger charge is -2.11. The minimum absolute atomic E-state index is 0.